The van der Waals surface area contributed by atoms with Gasteiger partial charge in [0, 0.05) is 24.3 Å². The van der Waals surface area contributed by atoms with Crippen molar-refractivity contribution in [3.63, 3.8) is 0 Å². The van der Waals surface area contributed by atoms with Gasteiger partial charge in [-0.15, -0.1) is 0 Å². The van der Waals surface area contributed by atoms with E-state index in [9.17, 15) is 4.79 Å². The second kappa shape index (κ2) is 5.07. The van der Waals surface area contributed by atoms with Gasteiger partial charge in [0.05, 0.1) is 0 Å². The Morgan fingerprint density at radius 1 is 1.67 bits per heavy atom. The number of carbonyl (C=O) groups is 1. The van der Waals surface area contributed by atoms with Gasteiger partial charge in [-0.3, -0.25) is 4.79 Å². The highest BCUT2D eigenvalue weighted by Crippen LogP contribution is 2.15. The molecular weight excluding hydrogens is 256 g/mol. The summed E-state index contributed by atoms with van der Waals surface area (Å²) in [4.78, 5) is 17.5. The second-order valence-electron chi connectivity index (χ2n) is 3.45. The summed E-state index contributed by atoms with van der Waals surface area (Å²) in [7, 11) is 1.73. The summed E-state index contributed by atoms with van der Waals surface area (Å²) in [6.45, 7) is 6.20. The van der Waals surface area contributed by atoms with Crippen LogP contribution in [0.5, 0.6) is 0 Å². The van der Waals surface area contributed by atoms with Crippen molar-refractivity contribution in [3.8, 4) is 0 Å². The van der Waals surface area contributed by atoms with Crippen molar-refractivity contribution >= 4 is 21.8 Å². The predicted molar refractivity (Wildman–Crippen MR) is 63.7 cm³/mol. The molecule has 0 aliphatic heterocycles. The molecule has 0 aliphatic rings. The average molecular weight is 269 g/mol. The van der Waals surface area contributed by atoms with Crippen LogP contribution >= 0.6 is 15.9 Å². The Balaban J connectivity index is 2.85. The van der Waals surface area contributed by atoms with E-state index in [1.54, 1.807) is 30.3 Å². The van der Waals surface area contributed by atoms with Crippen LogP contribution in [0.15, 0.2) is 35.0 Å². The SMILES string of the molecule is C=C(C)CN(C)C(=O)c1ncccc1Br. The van der Waals surface area contributed by atoms with Gasteiger partial charge in [-0.1, -0.05) is 12.2 Å². The molecule has 0 saturated heterocycles. The summed E-state index contributed by atoms with van der Waals surface area (Å²) in [6, 6.07) is 3.58. The molecule has 1 aromatic heterocycles. The highest BCUT2D eigenvalue weighted by atomic mass is 79.9. The minimum Gasteiger partial charge on any atom is -0.336 e. The first-order valence-electron chi connectivity index (χ1n) is 4.52. The summed E-state index contributed by atoms with van der Waals surface area (Å²) in [6.07, 6.45) is 1.60. The van der Waals surface area contributed by atoms with Crippen LogP contribution in [0.1, 0.15) is 17.4 Å². The standard InChI is InChI=1S/C11H13BrN2O/c1-8(2)7-14(3)11(15)10-9(12)5-4-6-13-10/h4-6H,1,7H2,2-3H3. The van der Waals surface area contributed by atoms with E-state index in [0.29, 0.717) is 16.7 Å². The van der Waals surface area contributed by atoms with Gasteiger partial charge in [0.25, 0.3) is 5.91 Å². The monoisotopic (exact) mass is 268 g/mol. The van der Waals surface area contributed by atoms with Crippen LogP contribution in [-0.4, -0.2) is 29.4 Å². The summed E-state index contributed by atoms with van der Waals surface area (Å²) in [5.41, 5.74) is 1.37. The fourth-order valence-corrected chi connectivity index (χ4v) is 1.63. The van der Waals surface area contributed by atoms with Gasteiger partial charge in [-0.25, -0.2) is 4.98 Å². The number of halogens is 1. The Morgan fingerprint density at radius 2 is 2.33 bits per heavy atom. The Labute approximate surface area is 97.9 Å². The quantitative estimate of drug-likeness (QED) is 0.790. The van der Waals surface area contributed by atoms with Gasteiger partial charge in [-0.05, 0) is 35.0 Å². The van der Waals surface area contributed by atoms with E-state index >= 15 is 0 Å². The molecule has 1 aromatic rings. The molecular formula is C11H13BrN2O. The molecule has 0 atom stereocenters. The van der Waals surface area contributed by atoms with Crippen molar-refractivity contribution in [2.45, 2.75) is 6.92 Å². The highest BCUT2D eigenvalue weighted by molar-refractivity contribution is 9.10. The smallest absolute Gasteiger partial charge is 0.273 e. The van der Waals surface area contributed by atoms with E-state index in [0.717, 1.165) is 5.57 Å². The summed E-state index contributed by atoms with van der Waals surface area (Å²) >= 11 is 3.30. The van der Waals surface area contributed by atoms with Crippen molar-refractivity contribution in [1.82, 2.24) is 9.88 Å². The van der Waals surface area contributed by atoms with Crippen LogP contribution < -0.4 is 0 Å². The van der Waals surface area contributed by atoms with Gasteiger partial charge in [0.1, 0.15) is 5.69 Å². The lowest BCUT2D eigenvalue weighted by atomic mass is 10.3. The van der Waals surface area contributed by atoms with E-state index in [1.807, 2.05) is 6.92 Å². The molecule has 80 valence electrons. The lowest BCUT2D eigenvalue weighted by Crippen LogP contribution is -2.29. The lowest BCUT2D eigenvalue weighted by Gasteiger charge is -2.16. The van der Waals surface area contributed by atoms with Crippen LogP contribution in [0.3, 0.4) is 0 Å². The van der Waals surface area contributed by atoms with Crippen molar-refractivity contribution in [1.29, 1.82) is 0 Å². The van der Waals surface area contributed by atoms with Gasteiger partial charge in [-0.2, -0.15) is 0 Å². The molecule has 0 bridgehead atoms. The zero-order valence-corrected chi connectivity index (χ0v) is 10.4. The summed E-state index contributed by atoms with van der Waals surface area (Å²) in [5, 5.41) is 0. The zero-order valence-electron chi connectivity index (χ0n) is 8.83. The van der Waals surface area contributed by atoms with E-state index < -0.39 is 0 Å². The third-order valence-electron chi connectivity index (χ3n) is 1.81. The van der Waals surface area contributed by atoms with Gasteiger partial charge >= 0.3 is 0 Å². The normalized spacial score (nSPS) is 9.80. The van der Waals surface area contributed by atoms with Crippen molar-refractivity contribution in [2.24, 2.45) is 0 Å². The molecule has 0 spiro atoms. The Morgan fingerprint density at radius 3 is 2.87 bits per heavy atom. The topological polar surface area (TPSA) is 33.2 Å². The minimum atomic E-state index is -0.106. The first-order chi connectivity index (χ1) is 7.02. The molecule has 0 N–H and O–H groups in total. The molecule has 0 unspecified atom stereocenters. The number of carbonyl (C=O) groups excluding carboxylic acids is 1. The number of rotatable bonds is 3. The molecule has 1 rings (SSSR count). The third kappa shape index (κ3) is 3.16. The molecule has 0 saturated carbocycles. The predicted octanol–water partition coefficient (Wildman–Crippen LogP) is 2.49. The molecule has 0 aliphatic carbocycles. The number of amides is 1. The van der Waals surface area contributed by atoms with Crippen molar-refractivity contribution in [2.75, 3.05) is 13.6 Å². The van der Waals surface area contributed by atoms with E-state index in [2.05, 4.69) is 27.5 Å². The van der Waals surface area contributed by atoms with Crippen molar-refractivity contribution < 1.29 is 4.79 Å². The van der Waals surface area contributed by atoms with Gasteiger partial charge in [0.2, 0.25) is 0 Å². The fraction of sp³-hybridized carbons (Fsp3) is 0.273. The molecule has 0 aromatic carbocycles. The molecule has 15 heavy (non-hydrogen) atoms. The van der Waals surface area contributed by atoms with Crippen molar-refractivity contribution in [3.05, 3.63) is 40.6 Å². The molecule has 3 nitrogen and oxygen atoms in total. The average Bonchev–Trinajstić information content (AvgIpc) is 2.16. The highest BCUT2D eigenvalue weighted by Gasteiger charge is 2.15. The fourth-order valence-electron chi connectivity index (χ4n) is 1.20. The maximum Gasteiger partial charge on any atom is 0.273 e. The van der Waals surface area contributed by atoms with Crippen LogP contribution in [0.4, 0.5) is 0 Å². The Kier molecular flexibility index (Phi) is 4.03. The van der Waals surface area contributed by atoms with Crippen LogP contribution in [0.25, 0.3) is 0 Å². The Hall–Kier alpha value is -1.16. The maximum atomic E-state index is 11.9. The number of hydrogen-bond acceptors (Lipinski definition) is 2. The second-order valence-corrected chi connectivity index (χ2v) is 4.31. The number of pyridine rings is 1. The number of aromatic nitrogens is 1. The molecule has 0 fully saturated rings. The minimum absolute atomic E-state index is 0.106. The van der Waals surface area contributed by atoms with Crippen LogP contribution in [0, 0.1) is 0 Å². The van der Waals surface area contributed by atoms with E-state index in [1.165, 1.54) is 0 Å². The Bertz CT molecular complexity index is 390. The van der Waals surface area contributed by atoms with E-state index in [4.69, 9.17) is 0 Å². The lowest BCUT2D eigenvalue weighted by molar-refractivity contribution is 0.0800. The summed E-state index contributed by atoms with van der Waals surface area (Å²) in [5.74, 6) is -0.106. The molecule has 1 heterocycles. The van der Waals surface area contributed by atoms with E-state index in [-0.39, 0.29) is 5.91 Å². The van der Waals surface area contributed by atoms with Crippen LogP contribution in [-0.2, 0) is 0 Å². The molecule has 4 heteroatoms. The molecule has 0 radical (unpaired) electrons. The van der Waals surface area contributed by atoms with Crippen LogP contribution in [0.2, 0.25) is 0 Å². The first kappa shape index (κ1) is 11.9. The first-order valence-corrected chi connectivity index (χ1v) is 5.32. The largest absolute Gasteiger partial charge is 0.336 e. The number of hydrogen-bond donors (Lipinski definition) is 0. The zero-order chi connectivity index (χ0) is 11.4. The summed E-state index contributed by atoms with van der Waals surface area (Å²) < 4.78 is 0.712. The van der Waals surface area contributed by atoms with Gasteiger partial charge < -0.3 is 4.90 Å². The third-order valence-corrected chi connectivity index (χ3v) is 2.45. The number of likely N-dealkylation sites (N-methyl/N-ethyl adjacent to an activating group) is 1. The number of nitrogens with zero attached hydrogens (tertiary/aromatic N) is 2. The molecule has 1 amide bonds. The van der Waals surface area contributed by atoms with Gasteiger partial charge in [0.15, 0.2) is 0 Å². The maximum absolute atomic E-state index is 11.9.